The van der Waals surface area contributed by atoms with Gasteiger partial charge in [0.05, 0.1) is 5.88 Å². The van der Waals surface area contributed by atoms with Crippen molar-refractivity contribution in [1.82, 2.24) is 9.80 Å². The van der Waals surface area contributed by atoms with E-state index in [1.165, 1.54) is 5.56 Å². The predicted octanol–water partition coefficient (Wildman–Crippen LogP) is 1.89. The normalized spacial score (nSPS) is 27.6. The van der Waals surface area contributed by atoms with Crippen LogP contribution in [0.2, 0.25) is 0 Å². The van der Waals surface area contributed by atoms with Crippen molar-refractivity contribution in [2.75, 3.05) is 24.7 Å². The van der Waals surface area contributed by atoms with Crippen molar-refractivity contribution < 1.29 is 9.59 Å². The summed E-state index contributed by atoms with van der Waals surface area (Å²) in [7, 11) is 0. The van der Waals surface area contributed by atoms with E-state index in [1.807, 2.05) is 36.9 Å². The topological polar surface area (TPSA) is 66.6 Å². The Labute approximate surface area is 153 Å². The Morgan fingerprint density at radius 3 is 2.68 bits per heavy atom. The number of hydrogen-bond donors (Lipinski definition) is 1. The summed E-state index contributed by atoms with van der Waals surface area (Å²) < 4.78 is 0. The molecule has 2 amide bonds. The third-order valence-electron chi connectivity index (χ3n) is 5.39. The minimum absolute atomic E-state index is 0.0353. The summed E-state index contributed by atoms with van der Waals surface area (Å²) in [4.78, 5) is 29.3. The van der Waals surface area contributed by atoms with Crippen molar-refractivity contribution in [3.63, 3.8) is 0 Å². The maximum absolute atomic E-state index is 13.1. The lowest BCUT2D eigenvalue weighted by atomic mass is 9.95. The number of amides is 2. The first-order valence-electron chi connectivity index (χ1n) is 9.00. The Balaban J connectivity index is 1.70. The van der Waals surface area contributed by atoms with Gasteiger partial charge in [-0.1, -0.05) is 44.2 Å². The Morgan fingerprint density at radius 1 is 1.28 bits per heavy atom. The maximum Gasteiger partial charge on any atom is 0.246 e. The second kappa shape index (κ2) is 7.79. The third kappa shape index (κ3) is 3.70. The molecule has 0 spiro atoms. The molecule has 0 bridgehead atoms. The molecular weight excluding hydrogens is 334 g/mol. The summed E-state index contributed by atoms with van der Waals surface area (Å²) >= 11 is 1.66. The summed E-state index contributed by atoms with van der Waals surface area (Å²) in [6.07, 6.45) is 0.797. The van der Waals surface area contributed by atoms with Crippen LogP contribution in [0, 0.1) is 5.92 Å². The van der Waals surface area contributed by atoms with Gasteiger partial charge in [-0.15, -0.1) is 11.8 Å². The number of rotatable bonds is 4. The summed E-state index contributed by atoms with van der Waals surface area (Å²) in [6.45, 7) is 5.14. The van der Waals surface area contributed by atoms with Gasteiger partial charge in [-0.3, -0.25) is 9.59 Å². The molecule has 0 aliphatic carbocycles. The van der Waals surface area contributed by atoms with Crippen LogP contribution in [0.1, 0.15) is 31.7 Å². The van der Waals surface area contributed by atoms with Crippen LogP contribution in [-0.4, -0.2) is 58.4 Å². The van der Waals surface area contributed by atoms with E-state index in [2.05, 4.69) is 12.1 Å². The molecule has 2 saturated heterocycles. The number of likely N-dealkylation sites (tertiary alicyclic amines) is 1. The number of benzene rings is 1. The molecule has 0 aromatic heterocycles. The molecule has 2 N–H and O–H groups in total. The van der Waals surface area contributed by atoms with Crippen LogP contribution < -0.4 is 5.73 Å². The molecular formula is C19H27N3O2S. The molecule has 2 aliphatic heterocycles. The van der Waals surface area contributed by atoms with E-state index < -0.39 is 0 Å². The number of carbonyl (C=O) groups excluding carboxylic acids is 2. The number of carbonyl (C=O) groups is 2. The molecule has 2 aliphatic rings. The first-order chi connectivity index (χ1) is 12.0. The van der Waals surface area contributed by atoms with Crippen molar-refractivity contribution in [3.05, 3.63) is 35.9 Å². The molecule has 0 radical (unpaired) electrons. The van der Waals surface area contributed by atoms with Gasteiger partial charge in [-0.25, -0.2) is 0 Å². The minimum Gasteiger partial charge on any atom is -0.339 e. The highest BCUT2D eigenvalue weighted by Gasteiger charge is 2.42. The van der Waals surface area contributed by atoms with Crippen molar-refractivity contribution in [1.29, 1.82) is 0 Å². The zero-order valence-electron chi connectivity index (χ0n) is 14.9. The highest BCUT2D eigenvalue weighted by molar-refractivity contribution is 7.99. The average Bonchev–Trinajstić information content (AvgIpc) is 3.27. The van der Waals surface area contributed by atoms with Crippen molar-refractivity contribution in [2.24, 2.45) is 11.7 Å². The lowest BCUT2D eigenvalue weighted by molar-refractivity contribution is -0.144. The van der Waals surface area contributed by atoms with E-state index in [9.17, 15) is 9.59 Å². The zero-order chi connectivity index (χ0) is 18.0. The molecule has 0 saturated carbocycles. The number of nitrogens with two attached hydrogens (primary N) is 1. The van der Waals surface area contributed by atoms with Gasteiger partial charge in [0.1, 0.15) is 6.04 Å². The van der Waals surface area contributed by atoms with Crippen LogP contribution in [0.15, 0.2) is 30.3 Å². The largest absolute Gasteiger partial charge is 0.339 e. The second-order valence-corrected chi connectivity index (χ2v) is 8.06. The molecule has 2 fully saturated rings. The van der Waals surface area contributed by atoms with Gasteiger partial charge in [-0.05, 0) is 12.0 Å². The summed E-state index contributed by atoms with van der Waals surface area (Å²) in [6, 6.07) is 9.75. The molecule has 6 heteroatoms. The standard InChI is InChI=1S/C19H27N3O2S/c1-3-13(2)18(23)22-12-25-11-17(22)19(24)21-9-15(16(20)10-21)14-7-5-4-6-8-14/h4-8,13,15-17H,3,9-12,20H2,1-2H3/t13?,15-,16+,17?/m0/s1. The van der Waals surface area contributed by atoms with Crippen LogP contribution >= 0.6 is 11.8 Å². The lowest BCUT2D eigenvalue weighted by Crippen LogP contribution is -2.50. The van der Waals surface area contributed by atoms with Crippen LogP contribution in [0.5, 0.6) is 0 Å². The van der Waals surface area contributed by atoms with Crippen molar-refractivity contribution in [2.45, 2.75) is 38.3 Å². The molecule has 2 unspecified atom stereocenters. The number of nitrogens with zero attached hydrogens (tertiary/aromatic N) is 2. The van der Waals surface area contributed by atoms with Gasteiger partial charge < -0.3 is 15.5 Å². The molecule has 5 nitrogen and oxygen atoms in total. The molecule has 4 atom stereocenters. The average molecular weight is 362 g/mol. The van der Waals surface area contributed by atoms with Crippen LogP contribution in [0.4, 0.5) is 0 Å². The van der Waals surface area contributed by atoms with Gasteiger partial charge in [0.15, 0.2) is 0 Å². The highest BCUT2D eigenvalue weighted by Crippen LogP contribution is 2.30. The van der Waals surface area contributed by atoms with Gasteiger partial charge in [0.2, 0.25) is 11.8 Å². The summed E-state index contributed by atoms with van der Waals surface area (Å²) in [5.41, 5.74) is 7.50. The lowest BCUT2D eigenvalue weighted by Gasteiger charge is -2.29. The van der Waals surface area contributed by atoms with Crippen molar-refractivity contribution >= 4 is 23.6 Å². The van der Waals surface area contributed by atoms with Crippen LogP contribution in [0.25, 0.3) is 0 Å². The quantitative estimate of drug-likeness (QED) is 0.889. The van der Waals surface area contributed by atoms with E-state index in [0.29, 0.717) is 24.7 Å². The van der Waals surface area contributed by atoms with E-state index >= 15 is 0 Å². The molecule has 136 valence electrons. The molecule has 1 aromatic rings. The summed E-state index contributed by atoms with van der Waals surface area (Å²) in [5, 5.41) is 0. The van der Waals surface area contributed by atoms with Gasteiger partial charge in [0, 0.05) is 36.7 Å². The van der Waals surface area contributed by atoms with Gasteiger partial charge in [0.25, 0.3) is 0 Å². The first-order valence-corrected chi connectivity index (χ1v) is 10.2. The van der Waals surface area contributed by atoms with Crippen molar-refractivity contribution in [3.8, 4) is 0 Å². The molecule has 2 heterocycles. The fourth-order valence-corrected chi connectivity index (χ4v) is 4.75. The zero-order valence-corrected chi connectivity index (χ0v) is 15.7. The van der Waals surface area contributed by atoms with E-state index in [-0.39, 0.29) is 35.7 Å². The Hall–Kier alpha value is -1.53. The minimum atomic E-state index is -0.340. The van der Waals surface area contributed by atoms with Crippen LogP contribution in [0.3, 0.4) is 0 Å². The fourth-order valence-electron chi connectivity index (χ4n) is 3.59. The van der Waals surface area contributed by atoms with E-state index in [4.69, 9.17) is 5.73 Å². The molecule has 25 heavy (non-hydrogen) atoms. The Morgan fingerprint density at radius 2 is 2.00 bits per heavy atom. The van der Waals surface area contributed by atoms with Gasteiger partial charge in [-0.2, -0.15) is 0 Å². The molecule has 3 rings (SSSR count). The third-order valence-corrected chi connectivity index (χ3v) is 6.40. The Bertz CT molecular complexity index is 624. The second-order valence-electron chi connectivity index (χ2n) is 7.06. The Kier molecular flexibility index (Phi) is 5.69. The monoisotopic (exact) mass is 361 g/mol. The highest BCUT2D eigenvalue weighted by atomic mass is 32.2. The first kappa shape index (κ1) is 18.3. The maximum atomic E-state index is 13.1. The number of thioether (sulfide) groups is 1. The SMILES string of the molecule is CCC(C)C(=O)N1CSCC1C(=O)N1C[C@@H](N)[C@H](c2ccccc2)C1. The number of hydrogen-bond acceptors (Lipinski definition) is 4. The van der Waals surface area contributed by atoms with Gasteiger partial charge >= 0.3 is 0 Å². The van der Waals surface area contributed by atoms with Crippen LogP contribution in [-0.2, 0) is 9.59 Å². The molecule has 1 aromatic carbocycles. The summed E-state index contributed by atoms with van der Waals surface area (Å²) in [5.74, 6) is 1.57. The predicted molar refractivity (Wildman–Crippen MR) is 101 cm³/mol. The fraction of sp³-hybridized carbons (Fsp3) is 0.579. The van der Waals surface area contributed by atoms with E-state index in [1.54, 1.807) is 16.7 Å². The van der Waals surface area contributed by atoms with E-state index in [0.717, 1.165) is 6.42 Å². The smallest absolute Gasteiger partial charge is 0.246 e.